The van der Waals surface area contributed by atoms with Crippen molar-refractivity contribution >= 4 is 47.7 Å². The van der Waals surface area contributed by atoms with Crippen LogP contribution in [0.15, 0.2) is 29.2 Å². The van der Waals surface area contributed by atoms with Gasteiger partial charge in [0, 0.05) is 24.0 Å². The van der Waals surface area contributed by atoms with Crippen molar-refractivity contribution in [1.82, 2.24) is 15.3 Å². The van der Waals surface area contributed by atoms with Gasteiger partial charge in [0.15, 0.2) is 0 Å². The molecule has 0 aliphatic heterocycles. The molecule has 0 aliphatic carbocycles. The molecule has 110 valence electrons. The summed E-state index contributed by atoms with van der Waals surface area (Å²) in [5.74, 6) is -0.0394. The van der Waals surface area contributed by atoms with Gasteiger partial charge >= 0.3 is 0 Å². The minimum Gasteiger partial charge on any atom is -0.397 e. The Kier molecular flexibility index (Phi) is 8.87. The molecule has 0 spiro atoms. The number of aromatic nitrogens is 2. The zero-order valence-electron chi connectivity index (χ0n) is 10.6. The van der Waals surface area contributed by atoms with Crippen LogP contribution in [0.2, 0.25) is 0 Å². The van der Waals surface area contributed by atoms with Crippen LogP contribution >= 0.6 is 36.2 Å². The van der Waals surface area contributed by atoms with Crippen molar-refractivity contribution in [2.45, 2.75) is 12.8 Å². The van der Waals surface area contributed by atoms with Crippen LogP contribution in [0.4, 0.5) is 5.69 Å². The van der Waals surface area contributed by atoms with Crippen molar-refractivity contribution in [3.8, 4) is 0 Å². The lowest BCUT2D eigenvalue weighted by Crippen LogP contribution is -2.27. The van der Waals surface area contributed by atoms with Crippen molar-refractivity contribution in [2.75, 3.05) is 12.3 Å². The van der Waals surface area contributed by atoms with E-state index >= 15 is 0 Å². The van der Waals surface area contributed by atoms with E-state index in [2.05, 4.69) is 15.3 Å². The normalized spacial score (nSPS) is 9.20. The minimum atomic E-state index is -0.0394. The maximum atomic E-state index is 11.6. The van der Waals surface area contributed by atoms with Crippen LogP contribution in [-0.2, 0) is 17.6 Å². The van der Waals surface area contributed by atoms with E-state index in [0.717, 1.165) is 17.8 Å². The summed E-state index contributed by atoms with van der Waals surface area (Å²) in [6.45, 7) is 0.595. The molecule has 0 radical (unpaired) electrons. The second kappa shape index (κ2) is 9.52. The predicted octanol–water partition coefficient (Wildman–Crippen LogP) is 1.87. The number of nitrogen functional groups attached to an aromatic ring is 1. The average Bonchev–Trinajstić information content (AvgIpc) is 2.85. The Bertz CT molecular complexity index is 505. The molecular weight excluding hydrogens is 319 g/mol. The Labute approximate surface area is 133 Å². The highest BCUT2D eigenvalue weighted by molar-refractivity contribution is 7.07. The topological polar surface area (TPSA) is 80.9 Å². The second-order valence-corrected chi connectivity index (χ2v) is 4.56. The number of anilines is 1. The van der Waals surface area contributed by atoms with Gasteiger partial charge in [0.2, 0.25) is 5.91 Å². The molecule has 0 unspecified atom stereocenters. The summed E-state index contributed by atoms with van der Waals surface area (Å²) in [5.41, 5.74) is 9.63. The fourth-order valence-corrected chi connectivity index (χ4v) is 2.05. The summed E-state index contributed by atoms with van der Waals surface area (Å²) in [5, 5.41) is 4.82. The van der Waals surface area contributed by atoms with Gasteiger partial charge in [-0.15, -0.1) is 36.2 Å². The maximum Gasteiger partial charge on any atom is 0.226 e. The Morgan fingerprint density at radius 2 is 2.05 bits per heavy atom. The fourth-order valence-electron chi connectivity index (χ4n) is 1.46. The van der Waals surface area contributed by atoms with Crippen molar-refractivity contribution in [3.05, 3.63) is 40.6 Å². The quantitative estimate of drug-likeness (QED) is 0.874. The van der Waals surface area contributed by atoms with Gasteiger partial charge in [-0.3, -0.25) is 9.78 Å². The molecule has 2 aromatic rings. The number of halogens is 2. The molecule has 1 amide bonds. The molecule has 0 saturated heterocycles. The molecular formula is C12H16Cl2N4OS. The average molecular weight is 335 g/mol. The Morgan fingerprint density at radius 3 is 2.65 bits per heavy atom. The number of hydrogen-bond donors (Lipinski definition) is 2. The van der Waals surface area contributed by atoms with Crippen LogP contribution in [0, 0.1) is 0 Å². The van der Waals surface area contributed by atoms with E-state index in [1.54, 1.807) is 35.2 Å². The Morgan fingerprint density at radius 1 is 1.25 bits per heavy atom. The van der Waals surface area contributed by atoms with Gasteiger partial charge in [0.1, 0.15) is 0 Å². The molecule has 8 heteroatoms. The van der Waals surface area contributed by atoms with E-state index in [9.17, 15) is 4.79 Å². The van der Waals surface area contributed by atoms with Gasteiger partial charge in [-0.1, -0.05) is 0 Å². The molecule has 0 atom stereocenters. The summed E-state index contributed by atoms with van der Waals surface area (Å²) >= 11 is 1.56. The number of amides is 1. The highest BCUT2D eigenvalue weighted by atomic mass is 35.5. The Hall–Kier alpha value is -1.37. The zero-order valence-corrected chi connectivity index (χ0v) is 13.1. The number of rotatable bonds is 5. The van der Waals surface area contributed by atoms with Gasteiger partial charge in [0.05, 0.1) is 29.5 Å². The number of nitrogens with one attached hydrogen (secondary N) is 1. The first-order chi connectivity index (χ1) is 8.74. The van der Waals surface area contributed by atoms with Crippen molar-refractivity contribution < 1.29 is 4.79 Å². The van der Waals surface area contributed by atoms with E-state index in [-0.39, 0.29) is 37.1 Å². The van der Waals surface area contributed by atoms with E-state index in [4.69, 9.17) is 5.73 Å². The van der Waals surface area contributed by atoms with E-state index < -0.39 is 0 Å². The van der Waals surface area contributed by atoms with Crippen LogP contribution in [0.5, 0.6) is 0 Å². The summed E-state index contributed by atoms with van der Waals surface area (Å²) in [6, 6.07) is 3.50. The smallest absolute Gasteiger partial charge is 0.226 e. The highest BCUT2D eigenvalue weighted by Crippen LogP contribution is 2.02. The first kappa shape index (κ1) is 18.6. The van der Waals surface area contributed by atoms with Crippen LogP contribution < -0.4 is 11.1 Å². The van der Waals surface area contributed by atoms with Crippen molar-refractivity contribution in [3.63, 3.8) is 0 Å². The Balaban J connectivity index is 0.00000180. The fraction of sp³-hybridized carbons (Fsp3) is 0.250. The number of pyridine rings is 1. The van der Waals surface area contributed by atoms with Crippen LogP contribution in [-0.4, -0.2) is 22.4 Å². The van der Waals surface area contributed by atoms with Gasteiger partial charge in [-0.25, -0.2) is 4.98 Å². The molecule has 3 N–H and O–H groups in total. The zero-order chi connectivity index (χ0) is 12.8. The number of carbonyl (C=O) groups is 1. The summed E-state index contributed by atoms with van der Waals surface area (Å²) in [7, 11) is 0. The molecule has 5 nitrogen and oxygen atoms in total. The lowest BCUT2D eigenvalue weighted by Gasteiger charge is -2.04. The van der Waals surface area contributed by atoms with Gasteiger partial charge < -0.3 is 11.1 Å². The summed E-state index contributed by atoms with van der Waals surface area (Å²) in [4.78, 5) is 19.9. The standard InChI is InChI=1S/C12H14N4OS.2ClH/c13-9-1-2-10(15-6-9)5-12(17)14-4-3-11-7-18-8-16-11;;/h1-2,6-8H,3-5,13H2,(H,14,17);2*1H. The third kappa shape index (κ3) is 6.18. The second-order valence-electron chi connectivity index (χ2n) is 3.84. The highest BCUT2D eigenvalue weighted by Gasteiger charge is 2.04. The number of carbonyl (C=O) groups excluding carboxylic acids is 1. The molecule has 2 rings (SSSR count). The van der Waals surface area contributed by atoms with Gasteiger partial charge in [0.25, 0.3) is 0 Å². The molecule has 20 heavy (non-hydrogen) atoms. The van der Waals surface area contributed by atoms with Crippen molar-refractivity contribution in [1.29, 1.82) is 0 Å². The largest absolute Gasteiger partial charge is 0.397 e. The molecule has 2 heterocycles. The number of nitrogens with two attached hydrogens (primary N) is 1. The predicted molar refractivity (Wildman–Crippen MR) is 85.7 cm³/mol. The van der Waals surface area contributed by atoms with Crippen LogP contribution in [0.1, 0.15) is 11.4 Å². The molecule has 0 saturated carbocycles. The maximum absolute atomic E-state index is 11.6. The molecule has 0 bridgehead atoms. The van der Waals surface area contributed by atoms with Gasteiger partial charge in [-0.05, 0) is 12.1 Å². The SMILES string of the molecule is Cl.Cl.Nc1ccc(CC(=O)NCCc2cscn2)nc1. The summed E-state index contributed by atoms with van der Waals surface area (Å²) in [6.07, 6.45) is 2.58. The van der Waals surface area contributed by atoms with Gasteiger partial charge in [-0.2, -0.15) is 0 Å². The number of thiazole rings is 1. The third-order valence-corrected chi connectivity index (χ3v) is 3.01. The first-order valence-corrected chi connectivity index (χ1v) is 6.52. The van der Waals surface area contributed by atoms with E-state index in [0.29, 0.717) is 12.2 Å². The molecule has 0 fully saturated rings. The first-order valence-electron chi connectivity index (χ1n) is 5.58. The van der Waals surface area contributed by atoms with E-state index in [1.165, 1.54) is 0 Å². The third-order valence-electron chi connectivity index (χ3n) is 2.38. The van der Waals surface area contributed by atoms with E-state index in [1.807, 2.05) is 5.38 Å². The molecule has 0 aromatic carbocycles. The lowest BCUT2D eigenvalue weighted by molar-refractivity contribution is -0.120. The van der Waals surface area contributed by atoms with Crippen LogP contribution in [0.25, 0.3) is 0 Å². The summed E-state index contributed by atoms with van der Waals surface area (Å²) < 4.78 is 0. The monoisotopic (exact) mass is 334 g/mol. The molecule has 0 aliphatic rings. The lowest BCUT2D eigenvalue weighted by atomic mass is 10.2. The number of nitrogens with zero attached hydrogens (tertiary/aromatic N) is 2. The molecule has 2 aromatic heterocycles. The number of hydrogen-bond acceptors (Lipinski definition) is 5. The van der Waals surface area contributed by atoms with Crippen molar-refractivity contribution in [2.24, 2.45) is 0 Å². The minimum absolute atomic E-state index is 0. The van der Waals surface area contributed by atoms with Crippen LogP contribution in [0.3, 0.4) is 0 Å².